The molecule has 1 aliphatic heterocycles. The minimum atomic E-state index is -4.04. The smallest absolute Gasteiger partial charge is 0.240 e. The molecule has 0 aliphatic carbocycles. The summed E-state index contributed by atoms with van der Waals surface area (Å²) < 4.78 is 70.1. The van der Waals surface area contributed by atoms with E-state index in [9.17, 15) is 21.2 Å². The van der Waals surface area contributed by atoms with Gasteiger partial charge in [0, 0.05) is 25.7 Å². The van der Waals surface area contributed by atoms with E-state index in [1.807, 2.05) is 4.90 Å². The molecular weight excluding hydrogens is 421 g/mol. The highest BCUT2D eigenvalue weighted by molar-refractivity contribution is 7.90. The van der Waals surface area contributed by atoms with Gasteiger partial charge >= 0.3 is 0 Å². The van der Waals surface area contributed by atoms with Crippen molar-refractivity contribution >= 4 is 20.0 Å². The second kappa shape index (κ2) is 8.86. The average Bonchev–Trinajstić information content (AvgIpc) is 2.68. The number of primary sulfonamides is 1. The largest absolute Gasteiger partial charge is 0.379 e. The minimum Gasteiger partial charge on any atom is -0.379 e. The normalized spacial score (nSPS) is 17.2. The molecule has 11 heteroatoms. The van der Waals surface area contributed by atoms with Crippen molar-refractivity contribution in [1.29, 1.82) is 0 Å². The van der Waals surface area contributed by atoms with E-state index < -0.39 is 31.9 Å². The Balaban J connectivity index is 1.84. The molecule has 0 spiro atoms. The Morgan fingerprint density at radius 1 is 1.03 bits per heavy atom. The number of rotatable bonds is 7. The van der Waals surface area contributed by atoms with E-state index in [0.29, 0.717) is 31.9 Å². The molecule has 29 heavy (non-hydrogen) atoms. The number of nitrogens with one attached hydrogen (secondary N) is 1. The van der Waals surface area contributed by atoms with Gasteiger partial charge in [0.15, 0.2) is 0 Å². The van der Waals surface area contributed by atoms with E-state index in [-0.39, 0.29) is 16.3 Å². The van der Waals surface area contributed by atoms with E-state index in [4.69, 9.17) is 9.88 Å². The third-order valence-electron chi connectivity index (χ3n) is 4.63. The van der Waals surface area contributed by atoms with Crippen LogP contribution in [0.5, 0.6) is 0 Å². The molecule has 8 nitrogen and oxygen atoms in total. The fourth-order valence-electron chi connectivity index (χ4n) is 3.15. The second-order valence-corrected chi connectivity index (χ2v) is 9.92. The topological polar surface area (TPSA) is 119 Å². The fraction of sp³-hybridized carbons (Fsp3) is 0.333. The zero-order valence-corrected chi connectivity index (χ0v) is 17.1. The molecule has 0 saturated carbocycles. The van der Waals surface area contributed by atoms with Gasteiger partial charge in [-0.25, -0.2) is 31.1 Å². The number of ether oxygens (including phenoxy) is 1. The molecule has 1 unspecified atom stereocenters. The maximum Gasteiger partial charge on any atom is 0.240 e. The fourth-order valence-corrected chi connectivity index (χ4v) is 4.87. The van der Waals surface area contributed by atoms with E-state index >= 15 is 0 Å². The number of nitrogens with zero attached hydrogens (tertiary/aromatic N) is 1. The SMILES string of the molecule is NS(=O)(=O)c1cccc(S(=O)(=O)NCC(c2cccc(F)c2)N2CCOCC2)c1. The first-order valence-electron chi connectivity index (χ1n) is 8.86. The molecule has 3 rings (SSSR count). The zero-order chi connectivity index (χ0) is 21.1. The Hall–Kier alpha value is -1.89. The third kappa shape index (κ3) is 5.59. The molecule has 1 fully saturated rings. The predicted octanol–water partition coefficient (Wildman–Crippen LogP) is 0.825. The molecule has 1 atom stereocenters. The first-order valence-corrected chi connectivity index (χ1v) is 11.9. The molecule has 0 amide bonds. The van der Waals surface area contributed by atoms with E-state index in [1.54, 1.807) is 12.1 Å². The molecule has 1 saturated heterocycles. The quantitative estimate of drug-likeness (QED) is 0.654. The number of nitrogens with two attached hydrogens (primary N) is 1. The lowest BCUT2D eigenvalue weighted by molar-refractivity contribution is 0.0171. The van der Waals surface area contributed by atoms with Gasteiger partial charge in [-0.05, 0) is 35.9 Å². The number of halogens is 1. The summed E-state index contributed by atoms with van der Waals surface area (Å²) in [5.74, 6) is -0.413. The van der Waals surface area contributed by atoms with Crippen molar-refractivity contribution in [2.24, 2.45) is 5.14 Å². The second-order valence-electron chi connectivity index (χ2n) is 6.59. The van der Waals surface area contributed by atoms with E-state index in [1.165, 1.54) is 30.3 Å². The lowest BCUT2D eigenvalue weighted by Gasteiger charge is -2.34. The summed E-state index contributed by atoms with van der Waals surface area (Å²) in [5, 5.41) is 5.08. The summed E-state index contributed by atoms with van der Waals surface area (Å²) >= 11 is 0. The van der Waals surface area contributed by atoms with Gasteiger partial charge in [-0.2, -0.15) is 0 Å². The van der Waals surface area contributed by atoms with Gasteiger partial charge in [-0.15, -0.1) is 0 Å². The summed E-state index contributed by atoms with van der Waals surface area (Å²) in [5.41, 5.74) is 0.632. The van der Waals surface area contributed by atoms with Crippen molar-refractivity contribution in [2.75, 3.05) is 32.8 Å². The van der Waals surface area contributed by atoms with Crippen LogP contribution in [0.3, 0.4) is 0 Å². The van der Waals surface area contributed by atoms with Crippen molar-refractivity contribution in [3.63, 3.8) is 0 Å². The van der Waals surface area contributed by atoms with Crippen LogP contribution in [0.25, 0.3) is 0 Å². The monoisotopic (exact) mass is 443 g/mol. The van der Waals surface area contributed by atoms with Crippen LogP contribution < -0.4 is 9.86 Å². The highest BCUT2D eigenvalue weighted by atomic mass is 32.2. The Morgan fingerprint density at radius 3 is 2.34 bits per heavy atom. The number of sulfonamides is 2. The van der Waals surface area contributed by atoms with E-state index in [0.717, 1.165) is 6.07 Å². The van der Waals surface area contributed by atoms with Gasteiger partial charge in [0.25, 0.3) is 0 Å². The van der Waals surface area contributed by atoms with Crippen molar-refractivity contribution in [3.8, 4) is 0 Å². The molecule has 0 radical (unpaired) electrons. The minimum absolute atomic E-state index is 0.0224. The number of benzene rings is 2. The van der Waals surface area contributed by atoms with Gasteiger partial charge in [0.2, 0.25) is 20.0 Å². The van der Waals surface area contributed by atoms with Crippen LogP contribution in [-0.4, -0.2) is 54.6 Å². The summed E-state index contributed by atoms with van der Waals surface area (Å²) in [4.78, 5) is 1.50. The van der Waals surface area contributed by atoms with Gasteiger partial charge < -0.3 is 4.74 Å². The van der Waals surface area contributed by atoms with Crippen molar-refractivity contribution in [3.05, 3.63) is 59.9 Å². The van der Waals surface area contributed by atoms with Crippen LogP contribution >= 0.6 is 0 Å². The van der Waals surface area contributed by atoms with Gasteiger partial charge in [-0.3, -0.25) is 4.90 Å². The Kier molecular flexibility index (Phi) is 6.66. The van der Waals surface area contributed by atoms with Crippen LogP contribution in [0.15, 0.2) is 58.3 Å². The standard InChI is InChI=1S/C18H22FN3O5S2/c19-15-4-1-3-14(11-15)18(22-7-9-27-10-8-22)13-21-29(25,26)17-6-2-5-16(12-17)28(20,23)24/h1-6,11-12,18,21H,7-10,13H2,(H2,20,23,24). The molecule has 0 bridgehead atoms. The molecule has 0 aromatic heterocycles. The Morgan fingerprint density at radius 2 is 1.69 bits per heavy atom. The first kappa shape index (κ1) is 21.8. The maximum absolute atomic E-state index is 13.7. The first-order chi connectivity index (χ1) is 13.7. The maximum atomic E-state index is 13.7. The average molecular weight is 444 g/mol. The molecule has 1 heterocycles. The van der Waals surface area contributed by atoms with Crippen molar-refractivity contribution < 1.29 is 26.0 Å². The van der Waals surface area contributed by atoms with Gasteiger partial charge in [-0.1, -0.05) is 18.2 Å². The van der Waals surface area contributed by atoms with Gasteiger partial charge in [0.05, 0.1) is 23.0 Å². The summed E-state index contributed by atoms with van der Waals surface area (Å²) in [6.45, 7) is 2.11. The molecule has 2 aromatic rings. The lowest BCUT2D eigenvalue weighted by atomic mass is 10.0. The van der Waals surface area contributed by atoms with Crippen molar-refractivity contribution in [2.45, 2.75) is 15.8 Å². The van der Waals surface area contributed by atoms with Crippen LogP contribution in [0, 0.1) is 5.82 Å². The highest BCUT2D eigenvalue weighted by Crippen LogP contribution is 2.23. The van der Waals surface area contributed by atoms with Crippen LogP contribution in [0.1, 0.15) is 11.6 Å². The zero-order valence-electron chi connectivity index (χ0n) is 15.5. The van der Waals surface area contributed by atoms with Crippen LogP contribution in [0.4, 0.5) is 4.39 Å². The number of hydrogen-bond acceptors (Lipinski definition) is 6. The molecule has 158 valence electrons. The Bertz CT molecular complexity index is 1070. The predicted molar refractivity (Wildman–Crippen MR) is 105 cm³/mol. The molecule has 2 aromatic carbocycles. The molecule has 3 N–H and O–H groups in total. The third-order valence-corrected chi connectivity index (χ3v) is 6.96. The molecule has 1 aliphatic rings. The summed E-state index contributed by atoms with van der Waals surface area (Å²) in [6, 6.07) is 10.4. The van der Waals surface area contributed by atoms with Gasteiger partial charge in [0.1, 0.15) is 5.82 Å². The van der Waals surface area contributed by atoms with E-state index in [2.05, 4.69) is 4.72 Å². The highest BCUT2D eigenvalue weighted by Gasteiger charge is 2.26. The summed E-state index contributed by atoms with van der Waals surface area (Å²) in [7, 11) is -8.05. The van der Waals surface area contributed by atoms with Crippen LogP contribution in [0.2, 0.25) is 0 Å². The number of hydrogen-bond donors (Lipinski definition) is 2. The Labute approximate surface area is 169 Å². The van der Waals surface area contributed by atoms with Crippen LogP contribution in [-0.2, 0) is 24.8 Å². The summed E-state index contributed by atoms with van der Waals surface area (Å²) in [6.07, 6.45) is 0. The number of morpholine rings is 1. The van der Waals surface area contributed by atoms with Crippen molar-refractivity contribution in [1.82, 2.24) is 9.62 Å². The molecular formula is C18H22FN3O5S2. The lowest BCUT2D eigenvalue weighted by Crippen LogP contribution is -2.43.